The fourth-order valence-corrected chi connectivity index (χ4v) is 3.62. The van der Waals surface area contributed by atoms with E-state index >= 15 is 0 Å². The number of benzene rings is 1. The van der Waals surface area contributed by atoms with E-state index in [0.29, 0.717) is 6.04 Å². The van der Waals surface area contributed by atoms with Crippen LogP contribution in [0.15, 0.2) is 30.3 Å². The Labute approximate surface area is 117 Å². The first-order chi connectivity index (χ1) is 9.42. The van der Waals surface area contributed by atoms with Crippen molar-refractivity contribution in [1.82, 2.24) is 10.2 Å². The van der Waals surface area contributed by atoms with Crippen molar-refractivity contribution >= 4 is 0 Å². The van der Waals surface area contributed by atoms with Crippen molar-refractivity contribution in [1.29, 1.82) is 0 Å². The summed E-state index contributed by atoms with van der Waals surface area (Å²) in [5, 5.41) is 3.73. The zero-order valence-corrected chi connectivity index (χ0v) is 11.9. The first-order valence-electron chi connectivity index (χ1n) is 7.91. The van der Waals surface area contributed by atoms with Gasteiger partial charge in [-0.15, -0.1) is 0 Å². The van der Waals surface area contributed by atoms with Crippen LogP contribution in [0.2, 0.25) is 0 Å². The van der Waals surface area contributed by atoms with E-state index in [9.17, 15) is 0 Å². The monoisotopic (exact) mass is 258 g/mol. The summed E-state index contributed by atoms with van der Waals surface area (Å²) in [5.74, 6) is 0.823. The summed E-state index contributed by atoms with van der Waals surface area (Å²) < 4.78 is 0. The Bertz CT molecular complexity index is 370. The minimum Gasteiger partial charge on any atom is -0.312 e. The summed E-state index contributed by atoms with van der Waals surface area (Å²) in [5.41, 5.74) is 1.50. The van der Waals surface area contributed by atoms with E-state index in [1.807, 2.05) is 0 Å². The van der Waals surface area contributed by atoms with Crippen LogP contribution in [0.1, 0.15) is 31.2 Å². The summed E-state index contributed by atoms with van der Waals surface area (Å²) in [7, 11) is 0. The third-order valence-corrected chi connectivity index (χ3v) is 4.73. The van der Waals surface area contributed by atoms with Crippen LogP contribution < -0.4 is 5.32 Å². The van der Waals surface area contributed by atoms with Crippen LogP contribution in [0.5, 0.6) is 0 Å². The molecular weight excluding hydrogens is 232 g/mol. The molecule has 2 heteroatoms. The van der Waals surface area contributed by atoms with Gasteiger partial charge < -0.3 is 10.2 Å². The average Bonchev–Trinajstić information content (AvgIpc) is 2.88. The molecule has 0 aromatic heterocycles. The van der Waals surface area contributed by atoms with Crippen LogP contribution in [-0.2, 0) is 6.42 Å². The second kappa shape index (κ2) is 6.53. The molecule has 0 saturated carbocycles. The molecule has 1 aromatic rings. The van der Waals surface area contributed by atoms with Gasteiger partial charge in [-0.3, -0.25) is 0 Å². The van der Waals surface area contributed by atoms with Crippen LogP contribution in [0.25, 0.3) is 0 Å². The van der Waals surface area contributed by atoms with Gasteiger partial charge >= 0.3 is 0 Å². The summed E-state index contributed by atoms with van der Waals surface area (Å²) in [6.45, 7) is 5.10. The molecule has 0 bridgehead atoms. The standard InChI is InChI=1S/C17H26N2/c1-3-7-15(8-4-1)13-16-9-10-18-17(16)14-19-11-5-2-6-12-19/h1,3-4,7-8,16-18H,2,5-6,9-14H2. The molecule has 2 aliphatic rings. The first-order valence-corrected chi connectivity index (χ1v) is 7.91. The van der Waals surface area contributed by atoms with Crippen molar-refractivity contribution in [3.8, 4) is 0 Å². The smallest absolute Gasteiger partial charge is 0.0226 e. The van der Waals surface area contributed by atoms with Crippen molar-refractivity contribution in [3.05, 3.63) is 35.9 Å². The Kier molecular flexibility index (Phi) is 4.52. The lowest BCUT2D eigenvalue weighted by Gasteiger charge is -2.31. The number of nitrogens with one attached hydrogen (secondary N) is 1. The molecule has 0 amide bonds. The lowest BCUT2D eigenvalue weighted by molar-refractivity contribution is 0.196. The summed E-state index contributed by atoms with van der Waals surface area (Å²) in [6, 6.07) is 11.7. The first kappa shape index (κ1) is 13.1. The molecule has 1 aromatic carbocycles. The zero-order chi connectivity index (χ0) is 12.9. The molecule has 19 heavy (non-hydrogen) atoms. The molecule has 2 atom stereocenters. The SMILES string of the molecule is c1ccc(CC2CCNC2CN2CCCCC2)cc1. The Morgan fingerprint density at radius 1 is 1.05 bits per heavy atom. The van der Waals surface area contributed by atoms with E-state index in [2.05, 4.69) is 40.5 Å². The largest absolute Gasteiger partial charge is 0.312 e. The van der Waals surface area contributed by atoms with Gasteiger partial charge in [0.25, 0.3) is 0 Å². The minimum absolute atomic E-state index is 0.707. The summed E-state index contributed by atoms with van der Waals surface area (Å²) in [6.07, 6.45) is 6.81. The predicted molar refractivity (Wildman–Crippen MR) is 80.3 cm³/mol. The Morgan fingerprint density at radius 2 is 1.84 bits per heavy atom. The Morgan fingerprint density at radius 3 is 2.63 bits per heavy atom. The topological polar surface area (TPSA) is 15.3 Å². The van der Waals surface area contributed by atoms with E-state index in [0.717, 1.165) is 5.92 Å². The van der Waals surface area contributed by atoms with Crippen LogP contribution in [0.3, 0.4) is 0 Å². The molecule has 2 unspecified atom stereocenters. The molecule has 2 saturated heterocycles. The van der Waals surface area contributed by atoms with Crippen LogP contribution >= 0.6 is 0 Å². The van der Waals surface area contributed by atoms with Crippen LogP contribution in [-0.4, -0.2) is 37.1 Å². The second-order valence-corrected chi connectivity index (χ2v) is 6.16. The number of piperidine rings is 1. The molecule has 3 rings (SSSR count). The molecule has 2 aliphatic heterocycles. The average molecular weight is 258 g/mol. The van der Waals surface area contributed by atoms with E-state index in [1.54, 1.807) is 0 Å². The molecule has 1 N–H and O–H groups in total. The molecule has 0 spiro atoms. The van der Waals surface area contributed by atoms with E-state index in [1.165, 1.54) is 63.8 Å². The predicted octanol–water partition coefficient (Wildman–Crippen LogP) is 2.69. The molecule has 2 fully saturated rings. The van der Waals surface area contributed by atoms with Crippen molar-refractivity contribution in [2.75, 3.05) is 26.2 Å². The minimum atomic E-state index is 0.707. The highest BCUT2D eigenvalue weighted by atomic mass is 15.2. The van der Waals surface area contributed by atoms with Gasteiger partial charge in [-0.05, 0) is 56.8 Å². The van der Waals surface area contributed by atoms with Gasteiger partial charge in [-0.25, -0.2) is 0 Å². The second-order valence-electron chi connectivity index (χ2n) is 6.16. The number of hydrogen-bond donors (Lipinski definition) is 1. The van der Waals surface area contributed by atoms with Gasteiger partial charge in [0.05, 0.1) is 0 Å². The number of rotatable bonds is 4. The highest BCUT2D eigenvalue weighted by Crippen LogP contribution is 2.22. The molecule has 0 aliphatic carbocycles. The molecule has 2 heterocycles. The molecular formula is C17H26N2. The lowest BCUT2D eigenvalue weighted by Crippen LogP contribution is -2.43. The van der Waals surface area contributed by atoms with Gasteiger partial charge in [0, 0.05) is 12.6 Å². The highest BCUT2D eigenvalue weighted by Gasteiger charge is 2.28. The molecule has 0 radical (unpaired) electrons. The number of hydrogen-bond acceptors (Lipinski definition) is 2. The molecule has 2 nitrogen and oxygen atoms in total. The highest BCUT2D eigenvalue weighted by molar-refractivity contribution is 5.16. The lowest BCUT2D eigenvalue weighted by atomic mass is 9.92. The van der Waals surface area contributed by atoms with Gasteiger partial charge in [-0.1, -0.05) is 36.8 Å². The maximum atomic E-state index is 3.73. The third kappa shape index (κ3) is 3.58. The van der Waals surface area contributed by atoms with Gasteiger partial charge in [0.1, 0.15) is 0 Å². The van der Waals surface area contributed by atoms with Gasteiger partial charge in [-0.2, -0.15) is 0 Å². The number of likely N-dealkylation sites (tertiary alicyclic amines) is 1. The van der Waals surface area contributed by atoms with Crippen LogP contribution in [0.4, 0.5) is 0 Å². The Balaban J connectivity index is 1.55. The van der Waals surface area contributed by atoms with E-state index in [4.69, 9.17) is 0 Å². The summed E-state index contributed by atoms with van der Waals surface area (Å²) in [4.78, 5) is 2.67. The van der Waals surface area contributed by atoms with Crippen LogP contribution in [0, 0.1) is 5.92 Å². The van der Waals surface area contributed by atoms with E-state index in [-0.39, 0.29) is 0 Å². The quantitative estimate of drug-likeness (QED) is 0.893. The fourth-order valence-electron chi connectivity index (χ4n) is 3.62. The van der Waals surface area contributed by atoms with Crippen molar-refractivity contribution in [2.45, 2.75) is 38.1 Å². The third-order valence-electron chi connectivity index (χ3n) is 4.73. The molecule has 104 valence electrons. The zero-order valence-electron chi connectivity index (χ0n) is 11.9. The van der Waals surface area contributed by atoms with E-state index < -0.39 is 0 Å². The maximum Gasteiger partial charge on any atom is 0.0226 e. The van der Waals surface area contributed by atoms with Crippen molar-refractivity contribution < 1.29 is 0 Å². The Hall–Kier alpha value is -0.860. The normalized spacial score (nSPS) is 28.6. The number of nitrogens with zero attached hydrogens (tertiary/aromatic N) is 1. The maximum absolute atomic E-state index is 3.73. The fraction of sp³-hybridized carbons (Fsp3) is 0.647. The van der Waals surface area contributed by atoms with Crippen molar-refractivity contribution in [2.24, 2.45) is 5.92 Å². The summed E-state index contributed by atoms with van der Waals surface area (Å²) >= 11 is 0. The van der Waals surface area contributed by atoms with Crippen molar-refractivity contribution in [3.63, 3.8) is 0 Å². The van der Waals surface area contributed by atoms with Gasteiger partial charge in [0.15, 0.2) is 0 Å². The van der Waals surface area contributed by atoms with Gasteiger partial charge in [0.2, 0.25) is 0 Å².